The summed E-state index contributed by atoms with van der Waals surface area (Å²) in [4.78, 5) is 12.9. The van der Waals surface area contributed by atoms with Gasteiger partial charge in [-0.05, 0) is 17.3 Å². The summed E-state index contributed by atoms with van der Waals surface area (Å²) >= 11 is 0. The fourth-order valence-corrected chi connectivity index (χ4v) is 0.446. The summed E-state index contributed by atoms with van der Waals surface area (Å²) in [6, 6.07) is 2.70. The van der Waals surface area contributed by atoms with E-state index in [1.54, 1.807) is 0 Å². The number of halogens is 1. The third-order valence-corrected chi connectivity index (χ3v) is 0.838. The van der Waals surface area contributed by atoms with Gasteiger partial charge in [0.15, 0.2) is 5.69 Å². The second kappa shape index (κ2) is 2.30. The first-order valence-corrected chi connectivity index (χ1v) is 2.28. The van der Waals surface area contributed by atoms with Crippen LogP contribution in [0.3, 0.4) is 0 Å². The minimum absolute atomic E-state index is 0.252. The van der Waals surface area contributed by atoms with Gasteiger partial charge >= 0.3 is 0 Å². The molecule has 3 nitrogen and oxygen atoms in total. The molecule has 4 heteroatoms. The van der Waals surface area contributed by atoms with E-state index in [1.165, 1.54) is 18.3 Å². The smallest absolute Gasteiger partial charge is 0.226 e. The van der Waals surface area contributed by atoms with Crippen molar-refractivity contribution in [3.8, 4) is 0 Å². The van der Waals surface area contributed by atoms with E-state index in [1.807, 2.05) is 0 Å². The first-order valence-electron chi connectivity index (χ1n) is 2.28. The van der Waals surface area contributed by atoms with Crippen LogP contribution in [0.5, 0.6) is 0 Å². The quantitative estimate of drug-likeness (QED) is 0.423. The molecular weight excluding hydrogens is 123 g/mol. The summed E-state index contributed by atoms with van der Waals surface area (Å²) in [6.45, 7) is 0. The Kier molecular flexibility index (Phi) is 1.48. The maximum absolute atomic E-state index is 12.2. The van der Waals surface area contributed by atoms with Gasteiger partial charge in [0, 0.05) is 6.20 Å². The van der Waals surface area contributed by atoms with Gasteiger partial charge in [-0.25, -0.2) is 4.98 Å². The highest BCUT2D eigenvalue weighted by Crippen LogP contribution is 2.11. The second-order valence-electron chi connectivity index (χ2n) is 1.40. The molecular formula is C5H3FN2O. The first kappa shape index (κ1) is 5.81. The van der Waals surface area contributed by atoms with E-state index in [0.717, 1.165) is 0 Å². The van der Waals surface area contributed by atoms with E-state index in [9.17, 15) is 9.30 Å². The van der Waals surface area contributed by atoms with Crippen LogP contribution in [0.2, 0.25) is 0 Å². The van der Waals surface area contributed by atoms with Crippen LogP contribution in [0.4, 0.5) is 10.1 Å². The van der Waals surface area contributed by atoms with Gasteiger partial charge in [-0.1, -0.05) is 0 Å². The van der Waals surface area contributed by atoms with Crippen molar-refractivity contribution in [2.24, 2.45) is 5.18 Å². The third-order valence-electron chi connectivity index (χ3n) is 0.838. The number of nitrogens with zero attached hydrogens (tertiary/aromatic N) is 2. The van der Waals surface area contributed by atoms with E-state index < -0.39 is 5.95 Å². The lowest BCUT2D eigenvalue weighted by molar-refractivity contribution is 0.586. The van der Waals surface area contributed by atoms with E-state index in [-0.39, 0.29) is 5.69 Å². The molecule has 0 saturated heterocycles. The zero-order valence-corrected chi connectivity index (χ0v) is 4.41. The number of hydrogen-bond acceptors (Lipinski definition) is 3. The summed E-state index contributed by atoms with van der Waals surface area (Å²) in [6.07, 6.45) is 1.25. The van der Waals surface area contributed by atoms with Gasteiger partial charge in [0.25, 0.3) is 0 Å². The maximum Gasteiger partial charge on any atom is 0.242 e. The normalized spacial score (nSPS) is 9.00. The van der Waals surface area contributed by atoms with Crippen LogP contribution in [-0.4, -0.2) is 4.98 Å². The van der Waals surface area contributed by atoms with Crippen LogP contribution < -0.4 is 0 Å². The van der Waals surface area contributed by atoms with E-state index >= 15 is 0 Å². The van der Waals surface area contributed by atoms with E-state index in [2.05, 4.69) is 10.2 Å². The molecule has 9 heavy (non-hydrogen) atoms. The molecule has 1 aromatic rings. The Morgan fingerprint density at radius 1 is 1.67 bits per heavy atom. The predicted molar refractivity (Wildman–Crippen MR) is 29.7 cm³/mol. The lowest BCUT2D eigenvalue weighted by Gasteiger charge is -1.86. The second-order valence-corrected chi connectivity index (χ2v) is 1.40. The maximum atomic E-state index is 12.2. The molecule has 0 aliphatic carbocycles. The minimum Gasteiger partial charge on any atom is -0.226 e. The number of hydrogen-bond donors (Lipinski definition) is 0. The Labute approximate surface area is 50.5 Å². The zero-order chi connectivity index (χ0) is 6.69. The average Bonchev–Trinajstić information content (AvgIpc) is 1.89. The Morgan fingerprint density at radius 2 is 2.44 bits per heavy atom. The molecule has 0 bridgehead atoms. The van der Waals surface area contributed by atoms with Crippen molar-refractivity contribution < 1.29 is 4.39 Å². The molecule has 0 atom stereocenters. The molecule has 0 saturated carbocycles. The molecule has 1 rings (SSSR count). The van der Waals surface area contributed by atoms with Gasteiger partial charge in [-0.3, -0.25) is 0 Å². The molecule has 0 amide bonds. The van der Waals surface area contributed by atoms with Crippen LogP contribution >= 0.6 is 0 Å². The number of aromatic nitrogens is 1. The molecule has 0 spiro atoms. The Balaban J connectivity index is 3.15. The van der Waals surface area contributed by atoms with Gasteiger partial charge in [-0.15, -0.1) is 4.91 Å². The van der Waals surface area contributed by atoms with Crippen LogP contribution in [0.25, 0.3) is 0 Å². The number of rotatable bonds is 1. The highest BCUT2D eigenvalue weighted by atomic mass is 19.1. The number of nitroso groups, excluding NO2 is 1. The molecule has 1 aromatic heterocycles. The molecule has 0 aliphatic rings. The lowest BCUT2D eigenvalue weighted by Crippen LogP contribution is -1.78. The van der Waals surface area contributed by atoms with Crippen molar-refractivity contribution in [1.82, 2.24) is 4.98 Å². The van der Waals surface area contributed by atoms with Crippen molar-refractivity contribution in [2.45, 2.75) is 0 Å². The summed E-state index contributed by atoms with van der Waals surface area (Å²) in [5.41, 5.74) is -0.252. The molecule has 1 heterocycles. The first-order chi connectivity index (χ1) is 4.34. The van der Waals surface area contributed by atoms with Crippen LogP contribution in [0.15, 0.2) is 23.5 Å². The number of pyridine rings is 1. The van der Waals surface area contributed by atoms with Gasteiger partial charge in [0.1, 0.15) is 0 Å². The van der Waals surface area contributed by atoms with E-state index in [4.69, 9.17) is 0 Å². The zero-order valence-electron chi connectivity index (χ0n) is 4.41. The molecule has 46 valence electrons. The summed E-state index contributed by atoms with van der Waals surface area (Å²) in [5.74, 6) is -0.826. The largest absolute Gasteiger partial charge is 0.242 e. The third kappa shape index (κ3) is 1.07. The minimum atomic E-state index is -0.826. The average molecular weight is 126 g/mol. The van der Waals surface area contributed by atoms with Gasteiger partial charge < -0.3 is 0 Å². The fraction of sp³-hybridized carbons (Fsp3) is 0. The molecule has 0 fully saturated rings. The summed E-state index contributed by atoms with van der Waals surface area (Å²) in [7, 11) is 0. The van der Waals surface area contributed by atoms with Gasteiger partial charge in [-0.2, -0.15) is 4.39 Å². The van der Waals surface area contributed by atoms with Gasteiger partial charge in [0.05, 0.1) is 0 Å². The van der Waals surface area contributed by atoms with Crippen LogP contribution in [0.1, 0.15) is 0 Å². The molecule has 0 N–H and O–H groups in total. The summed E-state index contributed by atoms with van der Waals surface area (Å²) < 4.78 is 12.2. The lowest BCUT2D eigenvalue weighted by atomic mass is 10.4. The molecule has 0 aromatic carbocycles. The van der Waals surface area contributed by atoms with Crippen LogP contribution in [0, 0.1) is 10.9 Å². The van der Waals surface area contributed by atoms with Crippen molar-refractivity contribution in [3.05, 3.63) is 29.2 Å². The molecule has 0 radical (unpaired) electrons. The fourth-order valence-electron chi connectivity index (χ4n) is 0.446. The Morgan fingerprint density at radius 3 is 2.89 bits per heavy atom. The van der Waals surface area contributed by atoms with Crippen molar-refractivity contribution >= 4 is 5.69 Å². The summed E-state index contributed by atoms with van der Waals surface area (Å²) in [5, 5.41) is 2.38. The topological polar surface area (TPSA) is 42.3 Å². The monoisotopic (exact) mass is 126 g/mol. The highest BCUT2D eigenvalue weighted by Gasteiger charge is 1.98. The van der Waals surface area contributed by atoms with Crippen LogP contribution in [-0.2, 0) is 0 Å². The Hall–Kier alpha value is -1.32. The predicted octanol–water partition coefficient (Wildman–Crippen LogP) is 1.62. The molecule has 0 aliphatic heterocycles. The van der Waals surface area contributed by atoms with Crippen molar-refractivity contribution in [3.63, 3.8) is 0 Å². The highest BCUT2D eigenvalue weighted by molar-refractivity contribution is 5.33. The van der Waals surface area contributed by atoms with E-state index in [0.29, 0.717) is 0 Å². The van der Waals surface area contributed by atoms with Crippen molar-refractivity contribution in [2.75, 3.05) is 0 Å². The van der Waals surface area contributed by atoms with Crippen molar-refractivity contribution in [1.29, 1.82) is 0 Å². The molecule has 0 unspecified atom stereocenters. The Bertz CT molecular complexity index is 226. The SMILES string of the molecule is O=Nc1cccnc1F. The van der Waals surface area contributed by atoms with Gasteiger partial charge in [0.2, 0.25) is 5.95 Å². The standard InChI is InChI=1S/C5H3FN2O/c6-5-4(8-9)2-1-3-7-5/h1-3H.